The zero-order valence-electron chi connectivity index (χ0n) is 11.8. The molecule has 0 aliphatic carbocycles. The van der Waals surface area contributed by atoms with Crippen LogP contribution in [0.3, 0.4) is 0 Å². The first-order valence-electron chi connectivity index (χ1n) is 6.13. The lowest BCUT2D eigenvalue weighted by Gasteiger charge is -2.31. The SMILES string of the molecule is CCCn1cc(C(NC)C(C)(C)S(C)(=O)=O)cn1. The van der Waals surface area contributed by atoms with E-state index in [-0.39, 0.29) is 6.04 Å². The standard InChI is InChI=1S/C12H23N3O2S/c1-6-7-15-9-10(8-14-15)11(13-4)12(2,3)18(5,16)17/h8-9,11,13H,6-7H2,1-5H3. The van der Waals surface area contributed by atoms with Crippen LogP contribution >= 0.6 is 0 Å². The molecule has 0 aliphatic rings. The topological polar surface area (TPSA) is 64.0 Å². The van der Waals surface area contributed by atoms with Crippen molar-refractivity contribution in [2.24, 2.45) is 0 Å². The number of hydrogen-bond donors (Lipinski definition) is 1. The minimum absolute atomic E-state index is 0.266. The summed E-state index contributed by atoms with van der Waals surface area (Å²) in [4.78, 5) is 0. The summed E-state index contributed by atoms with van der Waals surface area (Å²) in [7, 11) is -1.39. The third kappa shape index (κ3) is 2.92. The van der Waals surface area contributed by atoms with Crippen LogP contribution in [0.25, 0.3) is 0 Å². The van der Waals surface area contributed by atoms with Crippen molar-refractivity contribution < 1.29 is 8.42 Å². The van der Waals surface area contributed by atoms with Gasteiger partial charge in [0.25, 0.3) is 0 Å². The van der Waals surface area contributed by atoms with E-state index in [1.54, 1.807) is 27.1 Å². The minimum Gasteiger partial charge on any atom is -0.312 e. The number of sulfone groups is 1. The molecule has 1 atom stereocenters. The fourth-order valence-corrected chi connectivity index (χ4v) is 2.69. The molecule has 0 spiro atoms. The Morgan fingerprint density at radius 3 is 2.56 bits per heavy atom. The second-order valence-corrected chi connectivity index (χ2v) is 7.73. The van der Waals surface area contributed by atoms with Gasteiger partial charge in [0.05, 0.1) is 17.0 Å². The van der Waals surface area contributed by atoms with Gasteiger partial charge in [-0.2, -0.15) is 5.10 Å². The molecule has 1 rings (SSSR count). The van der Waals surface area contributed by atoms with E-state index < -0.39 is 14.6 Å². The van der Waals surface area contributed by atoms with Gasteiger partial charge in [0, 0.05) is 24.6 Å². The molecular formula is C12H23N3O2S. The third-order valence-corrected chi connectivity index (χ3v) is 5.53. The number of nitrogens with one attached hydrogen (secondary N) is 1. The van der Waals surface area contributed by atoms with Gasteiger partial charge in [-0.3, -0.25) is 4.68 Å². The van der Waals surface area contributed by atoms with Crippen LogP contribution in [0.2, 0.25) is 0 Å². The predicted molar refractivity (Wildman–Crippen MR) is 73.2 cm³/mol. The molecule has 0 amide bonds. The van der Waals surface area contributed by atoms with Crippen LogP contribution < -0.4 is 5.32 Å². The Morgan fingerprint density at radius 1 is 1.50 bits per heavy atom. The van der Waals surface area contributed by atoms with Crippen molar-refractivity contribution in [1.82, 2.24) is 15.1 Å². The fourth-order valence-electron chi connectivity index (χ4n) is 2.01. The van der Waals surface area contributed by atoms with E-state index in [0.29, 0.717) is 0 Å². The van der Waals surface area contributed by atoms with Crippen LogP contribution in [0.1, 0.15) is 38.8 Å². The number of nitrogens with zero attached hydrogens (tertiary/aromatic N) is 2. The maximum atomic E-state index is 11.9. The number of aryl methyl sites for hydroxylation is 1. The predicted octanol–water partition coefficient (Wildman–Crippen LogP) is 1.38. The Hall–Kier alpha value is -0.880. The summed E-state index contributed by atoms with van der Waals surface area (Å²) in [5, 5.41) is 7.34. The number of hydrogen-bond acceptors (Lipinski definition) is 4. The van der Waals surface area contributed by atoms with E-state index in [1.807, 2.05) is 10.9 Å². The summed E-state index contributed by atoms with van der Waals surface area (Å²) in [6.07, 6.45) is 5.93. The zero-order valence-corrected chi connectivity index (χ0v) is 12.6. The first kappa shape index (κ1) is 15.2. The highest BCUT2D eigenvalue weighted by Gasteiger charge is 2.39. The average Bonchev–Trinajstić information content (AvgIpc) is 2.66. The first-order chi connectivity index (χ1) is 8.24. The molecule has 5 nitrogen and oxygen atoms in total. The van der Waals surface area contributed by atoms with Crippen LogP contribution in [0.5, 0.6) is 0 Å². The molecule has 1 N–H and O–H groups in total. The maximum absolute atomic E-state index is 11.9. The van der Waals surface area contributed by atoms with Gasteiger partial charge in [-0.25, -0.2) is 8.42 Å². The Morgan fingerprint density at radius 2 is 2.11 bits per heavy atom. The van der Waals surface area contributed by atoms with E-state index in [0.717, 1.165) is 18.5 Å². The first-order valence-corrected chi connectivity index (χ1v) is 8.02. The van der Waals surface area contributed by atoms with Crippen LogP contribution in [0.15, 0.2) is 12.4 Å². The van der Waals surface area contributed by atoms with Crippen molar-refractivity contribution in [3.8, 4) is 0 Å². The second-order valence-electron chi connectivity index (χ2n) is 5.13. The van der Waals surface area contributed by atoms with Crippen molar-refractivity contribution in [2.75, 3.05) is 13.3 Å². The summed E-state index contributed by atoms with van der Waals surface area (Å²) in [5.41, 5.74) is 0.904. The molecule has 0 saturated carbocycles. The molecule has 1 aromatic heterocycles. The number of rotatable bonds is 6. The molecule has 1 aromatic rings. The van der Waals surface area contributed by atoms with Gasteiger partial charge in [0.15, 0.2) is 9.84 Å². The van der Waals surface area contributed by atoms with E-state index in [4.69, 9.17) is 0 Å². The molecule has 0 radical (unpaired) electrons. The van der Waals surface area contributed by atoms with Gasteiger partial charge in [-0.15, -0.1) is 0 Å². The fraction of sp³-hybridized carbons (Fsp3) is 0.750. The highest BCUT2D eigenvalue weighted by atomic mass is 32.2. The van der Waals surface area contributed by atoms with Crippen LogP contribution in [0, 0.1) is 0 Å². The Labute approximate surface area is 109 Å². The molecule has 0 saturated heterocycles. The molecule has 1 unspecified atom stereocenters. The Bertz CT molecular complexity index is 491. The summed E-state index contributed by atoms with van der Waals surface area (Å²) < 4.78 is 24.8. The average molecular weight is 273 g/mol. The lowest BCUT2D eigenvalue weighted by Crippen LogP contribution is -2.43. The van der Waals surface area contributed by atoms with Gasteiger partial charge < -0.3 is 5.32 Å². The molecule has 6 heteroatoms. The van der Waals surface area contributed by atoms with Gasteiger partial charge in [0.2, 0.25) is 0 Å². The Kier molecular flexibility index (Phi) is 4.55. The van der Waals surface area contributed by atoms with E-state index >= 15 is 0 Å². The molecule has 0 aromatic carbocycles. The molecule has 104 valence electrons. The quantitative estimate of drug-likeness (QED) is 0.850. The van der Waals surface area contributed by atoms with E-state index in [9.17, 15) is 8.42 Å². The van der Waals surface area contributed by atoms with E-state index in [1.165, 1.54) is 6.26 Å². The molecule has 0 bridgehead atoms. The van der Waals surface area contributed by atoms with Crippen molar-refractivity contribution in [1.29, 1.82) is 0 Å². The lowest BCUT2D eigenvalue weighted by molar-refractivity contribution is 0.445. The largest absolute Gasteiger partial charge is 0.312 e. The second kappa shape index (κ2) is 5.40. The highest BCUT2D eigenvalue weighted by Crippen LogP contribution is 2.31. The normalized spacial score (nSPS) is 14.7. The lowest BCUT2D eigenvalue weighted by atomic mass is 9.98. The molecule has 0 fully saturated rings. The number of aromatic nitrogens is 2. The minimum atomic E-state index is -3.16. The molecule has 0 aliphatic heterocycles. The molecule has 1 heterocycles. The van der Waals surface area contributed by atoms with Crippen molar-refractivity contribution in [3.05, 3.63) is 18.0 Å². The van der Waals surface area contributed by atoms with Crippen LogP contribution in [-0.4, -0.2) is 36.2 Å². The zero-order chi connectivity index (χ0) is 14.0. The monoisotopic (exact) mass is 273 g/mol. The van der Waals surface area contributed by atoms with Crippen molar-refractivity contribution in [2.45, 2.75) is 44.5 Å². The van der Waals surface area contributed by atoms with Gasteiger partial charge in [-0.05, 0) is 27.3 Å². The van der Waals surface area contributed by atoms with Gasteiger partial charge in [0.1, 0.15) is 0 Å². The highest BCUT2D eigenvalue weighted by molar-refractivity contribution is 7.92. The van der Waals surface area contributed by atoms with Gasteiger partial charge in [-0.1, -0.05) is 6.92 Å². The summed E-state index contributed by atoms with van der Waals surface area (Å²) in [5.74, 6) is 0. The third-order valence-electron chi connectivity index (χ3n) is 3.38. The van der Waals surface area contributed by atoms with Crippen molar-refractivity contribution >= 4 is 9.84 Å². The van der Waals surface area contributed by atoms with Gasteiger partial charge >= 0.3 is 0 Å². The van der Waals surface area contributed by atoms with Crippen molar-refractivity contribution in [3.63, 3.8) is 0 Å². The summed E-state index contributed by atoms with van der Waals surface area (Å²) in [6.45, 7) is 6.40. The summed E-state index contributed by atoms with van der Waals surface area (Å²) >= 11 is 0. The van der Waals surface area contributed by atoms with Crippen LogP contribution in [0.4, 0.5) is 0 Å². The molecule has 18 heavy (non-hydrogen) atoms. The molecular weight excluding hydrogens is 250 g/mol. The smallest absolute Gasteiger partial charge is 0.154 e. The Balaban J connectivity index is 3.09. The summed E-state index contributed by atoms with van der Waals surface area (Å²) in [6, 6.07) is -0.266. The van der Waals surface area contributed by atoms with E-state index in [2.05, 4.69) is 17.3 Å². The van der Waals surface area contributed by atoms with Crippen LogP contribution in [-0.2, 0) is 16.4 Å². The maximum Gasteiger partial charge on any atom is 0.154 e.